The molecule has 3 rings (SSSR count). The van der Waals surface area contributed by atoms with Crippen molar-refractivity contribution in [2.24, 2.45) is 7.05 Å². The fraction of sp³-hybridized carbons (Fsp3) is 0.533. The van der Waals surface area contributed by atoms with Crippen LogP contribution in [0.3, 0.4) is 0 Å². The fourth-order valence-corrected chi connectivity index (χ4v) is 3.09. The van der Waals surface area contributed by atoms with Gasteiger partial charge in [-0.3, -0.25) is 14.6 Å². The Bertz CT molecular complexity index is 684. The van der Waals surface area contributed by atoms with E-state index in [0.717, 1.165) is 42.0 Å². The van der Waals surface area contributed by atoms with Crippen LogP contribution in [0, 0.1) is 13.8 Å². The van der Waals surface area contributed by atoms with Gasteiger partial charge in [0.15, 0.2) is 0 Å². The first-order chi connectivity index (χ1) is 9.99. The third-order valence-corrected chi connectivity index (χ3v) is 4.39. The Kier molecular flexibility index (Phi) is 3.31. The van der Waals surface area contributed by atoms with Crippen LogP contribution >= 0.6 is 0 Å². The molecule has 3 heterocycles. The summed E-state index contributed by atoms with van der Waals surface area (Å²) in [6.07, 6.45) is 2.16. The number of aromatic nitrogens is 4. The minimum Gasteiger partial charge on any atom is -0.335 e. The molecule has 0 bridgehead atoms. The van der Waals surface area contributed by atoms with Crippen LogP contribution in [0.5, 0.6) is 0 Å². The molecule has 1 atom stereocenters. The molecule has 0 aromatic carbocycles. The van der Waals surface area contributed by atoms with Crippen molar-refractivity contribution in [1.29, 1.82) is 0 Å². The second-order valence-corrected chi connectivity index (χ2v) is 5.83. The van der Waals surface area contributed by atoms with Gasteiger partial charge in [-0.1, -0.05) is 0 Å². The molecule has 1 unspecified atom stereocenters. The lowest BCUT2D eigenvalue weighted by Crippen LogP contribution is -2.33. The van der Waals surface area contributed by atoms with Gasteiger partial charge in [0.05, 0.1) is 11.4 Å². The van der Waals surface area contributed by atoms with E-state index in [0.29, 0.717) is 11.7 Å². The largest absolute Gasteiger partial charge is 0.335 e. The van der Waals surface area contributed by atoms with E-state index in [2.05, 4.69) is 22.2 Å². The second kappa shape index (κ2) is 5.02. The van der Waals surface area contributed by atoms with Crippen LogP contribution in [0.4, 0.5) is 0 Å². The summed E-state index contributed by atoms with van der Waals surface area (Å²) in [4.78, 5) is 14.4. The molecule has 1 saturated heterocycles. The topological polar surface area (TPSA) is 66.8 Å². The summed E-state index contributed by atoms with van der Waals surface area (Å²) in [5.74, 6) is 0.0398. The van der Waals surface area contributed by atoms with Gasteiger partial charge in [-0.15, -0.1) is 0 Å². The number of nitrogens with zero attached hydrogens (tertiary/aromatic N) is 4. The first-order valence-electron chi connectivity index (χ1n) is 7.36. The van der Waals surface area contributed by atoms with E-state index in [9.17, 15) is 4.79 Å². The van der Waals surface area contributed by atoms with E-state index in [4.69, 9.17) is 0 Å². The highest BCUT2D eigenvalue weighted by Gasteiger charge is 2.27. The number of aryl methyl sites for hydroxylation is 2. The molecule has 1 aliphatic heterocycles. The zero-order valence-corrected chi connectivity index (χ0v) is 13.0. The first kappa shape index (κ1) is 13.9. The number of hydrogen-bond acceptors (Lipinski definition) is 3. The minimum atomic E-state index is 0.0398. The Hall–Kier alpha value is -2.11. The third-order valence-electron chi connectivity index (χ3n) is 4.39. The molecule has 0 aliphatic carbocycles. The van der Waals surface area contributed by atoms with Crippen molar-refractivity contribution in [3.8, 4) is 11.3 Å². The Balaban J connectivity index is 1.91. The average Bonchev–Trinajstić information content (AvgIpc) is 3.11. The van der Waals surface area contributed by atoms with Crippen molar-refractivity contribution in [1.82, 2.24) is 24.9 Å². The van der Waals surface area contributed by atoms with E-state index in [1.807, 2.05) is 36.5 Å². The maximum atomic E-state index is 12.5. The Labute approximate surface area is 124 Å². The molecule has 1 amide bonds. The van der Waals surface area contributed by atoms with Gasteiger partial charge in [-0.05, 0) is 39.7 Å². The molecule has 2 aromatic heterocycles. The highest BCUT2D eigenvalue weighted by molar-refractivity contribution is 5.93. The van der Waals surface area contributed by atoms with Gasteiger partial charge < -0.3 is 4.90 Å². The molecule has 1 fully saturated rings. The SMILES string of the molecule is Cc1nn(C)c(C)c1-c1cc(C(=O)N2CCCC2C)[nH]n1. The molecular weight excluding hydrogens is 266 g/mol. The molecular formula is C15H21N5O. The summed E-state index contributed by atoms with van der Waals surface area (Å²) in [5, 5.41) is 11.6. The Morgan fingerprint density at radius 2 is 2.19 bits per heavy atom. The molecule has 112 valence electrons. The minimum absolute atomic E-state index is 0.0398. The Morgan fingerprint density at radius 3 is 2.76 bits per heavy atom. The maximum Gasteiger partial charge on any atom is 0.272 e. The molecule has 0 saturated carbocycles. The second-order valence-electron chi connectivity index (χ2n) is 5.83. The van der Waals surface area contributed by atoms with Crippen LogP contribution in [0.2, 0.25) is 0 Å². The molecule has 6 nitrogen and oxygen atoms in total. The number of H-pyrrole nitrogens is 1. The number of carbonyl (C=O) groups is 1. The van der Waals surface area contributed by atoms with Crippen LogP contribution in [-0.4, -0.2) is 43.4 Å². The van der Waals surface area contributed by atoms with Crippen molar-refractivity contribution in [2.75, 3.05) is 6.54 Å². The van der Waals surface area contributed by atoms with Crippen LogP contribution in [0.1, 0.15) is 41.6 Å². The fourth-order valence-electron chi connectivity index (χ4n) is 3.09. The Morgan fingerprint density at radius 1 is 1.43 bits per heavy atom. The standard InChI is InChI=1S/C15H21N5O/c1-9-6-5-7-20(9)15(21)13-8-12(16-17-13)14-10(2)18-19(4)11(14)3/h8-9H,5-7H2,1-4H3,(H,16,17). The van der Waals surface area contributed by atoms with E-state index < -0.39 is 0 Å². The number of amides is 1. The number of nitrogens with one attached hydrogen (secondary N) is 1. The van der Waals surface area contributed by atoms with Crippen LogP contribution in [0.15, 0.2) is 6.07 Å². The van der Waals surface area contributed by atoms with E-state index in [-0.39, 0.29) is 5.91 Å². The first-order valence-corrected chi connectivity index (χ1v) is 7.36. The van der Waals surface area contributed by atoms with Gasteiger partial charge in [-0.25, -0.2) is 0 Å². The van der Waals surface area contributed by atoms with E-state index in [1.165, 1.54) is 0 Å². The zero-order valence-electron chi connectivity index (χ0n) is 13.0. The lowest BCUT2D eigenvalue weighted by molar-refractivity contribution is 0.0741. The highest BCUT2D eigenvalue weighted by Crippen LogP contribution is 2.26. The quantitative estimate of drug-likeness (QED) is 0.919. The molecule has 2 aromatic rings. The molecule has 0 spiro atoms. The number of rotatable bonds is 2. The summed E-state index contributed by atoms with van der Waals surface area (Å²) in [6, 6.07) is 2.15. The molecule has 21 heavy (non-hydrogen) atoms. The number of aromatic amines is 1. The molecule has 1 N–H and O–H groups in total. The highest BCUT2D eigenvalue weighted by atomic mass is 16.2. The summed E-state index contributed by atoms with van der Waals surface area (Å²) < 4.78 is 1.84. The normalized spacial score (nSPS) is 18.5. The molecule has 1 aliphatic rings. The predicted molar refractivity (Wildman–Crippen MR) is 80.0 cm³/mol. The van der Waals surface area contributed by atoms with Gasteiger partial charge in [-0.2, -0.15) is 10.2 Å². The molecule has 6 heteroatoms. The van der Waals surface area contributed by atoms with Crippen LogP contribution < -0.4 is 0 Å². The smallest absolute Gasteiger partial charge is 0.272 e. The molecule has 0 radical (unpaired) electrons. The van der Waals surface area contributed by atoms with Gasteiger partial charge in [0.2, 0.25) is 0 Å². The number of hydrogen-bond donors (Lipinski definition) is 1. The predicted octanol–water partition coefficient (Wildman–Crippen LogP) is 2.05. The van der Waals surface area contributed by atoms with Gasteiger partial charge in [0, 0.05) is 30.9 Å². The summed E-state index contributed by atoms with van der Waals surface area (Å²) in [7, 11) is 1.91. The number of likely N-dealkylation sites (tertiary alicyclic amines) is 1. The number of carbonyl (C=O) groups excluding carboxylic acids is 1. The van der Waals surface area contributed by atoms with E-state index >= 15 is 0 Å². The van der Waals surface area contributed by atoms with Crippen molar-refractivity contribution in [3.63, 3.8) is 0 Å². The van der Waals surface area contributed by atoms with Gasteiger partial charge >= 0.3 is 0 Å². The monoisotopic (exact) mass is 287 g/mol. The van der Waals surface area contributed by atoms with Gasteiger partial charge in [0.25, 0.3) is 5.91 Å². The summed E-state index contributed by atoms with van der Waals surface area (Å²) in [5.41, 5.74) is 4.32. The van der Waals surface area contributed by atoms with Crippen molar-refractivity contribution < 1.29 is 4.79 Å². The zero-order chi connectivity index (χ0) is 15.1. The average molecular weight is 287 g/mol. The third kappa shape index (κ3) is 2.24. The van der Waals surface area contributed by atoms with Crippen molar-refractivity contribution in [2.45, 2.75) is 39.7 Å². The van der Waals surface area contributed by atoms with Gasteiger partial charge in [0.1, 0.15) is 5.69 Å². The maximum absolute atomic E-state index is 12.5. The summed E-state index contributed by atoms with van der Waals surface area (Å²) in [6.45, 7) is 6.89. The van der Waals surface area contributed by atoms with Crippen molar-refractivity contribution >= 4 is 5.91 Å². The van der Waals surface area contributed by atoms with Crippen LogP contribution in [0.25, 0.3) is 11.3 Å². The lowest BCUT2D eigenvalue weighted by Gasteiger charge is -2.20. The van der Waals surface area contributed by atoms with Crippen molar-refractivity contribution in [3.05, 3.63) is 23.1 Å². The van der Waals surface area contributed by atoms with E-state index in [1.54, 1.807) is 0 Å². The van der Waals surface area contributed by atoms with Crippen LogP contribution in [-0.2, 0) is 7.05 Å². The lowest BCUT2D eigenvalue weighted by atomic mass is 10.1. The summed E-state index contributed by atoms with van der Waals surface area (Å²) >= 11 is 0.